The Bertz CT molecular complexity index is 1380. The number of aryl methyl sites for hydroxylation is 1. The summed E-state index contributed by atoms with van der Waals surface area (Å²) in [4.78, 5) is 22.7. The number of halogens is 2. The zero-order valence-corrected chi connectivity index (χ0v) is 21.8. The Morgan fingerprint density at radius 2 is 2.03 bits per heavy atom. The molecule has 5 rings (SSSR count). The SMILES string of the molecule is C=C(F)C(=O)NCCNc1nc(OC[C@@H]2CCCN2C)nc2c(F)c(-c3cccc4c3C(C)CC4)ccc12. The first-order valence-electron chi connectivity index (χ1n) is 13.2. The summed E-state index contributed by atoms with van der Waals surface area (Å²) in [6.45, 7) is 6.95. The van der Waals surface area contributed by atoms with Crippen LogP contribution in [0, 0.1) is 5.82 Å². The lowest BCUT2D eigenvalue weighted by Gasteiger charge is -2.20. The number of likely N-dealkylation sites (N-methyl/N-ethyl adjacent to an activating group) is 1. The zero-order chi connectivity index (χ0) is 26.8. The van der Waals surface area contributed by atoms with E-state index in [2.05, 4.69) is 52.1 Å². The average molecular weight is 522 g/mol. The van der Waals surface area contributed by atoms with Crippen molar-refractivity contribution in [2.75, 3.05) is 38.6 Å². The summed E-state index contributed by atoms with van der Waals surface area (Å²) in [5.74, 6) is -1.61. The van der Waals surface area contributed by atoms with Gasteiger partial charge in [-0.1, -0.05) is 37.8 Å². The number of nitrogens with one attached hydrogen (secondary N) is 2. The van der Waals surface area contributed by atoms with Crippen molar-refractivity contribution in [3.63, 3.8) is 0 Å². The number of amides is 1. The van der Waals surface area contributed by atoms with E-state index in [4.69, 9.17) is 4.74 Å². The Labute approximate surface area is 221 Å². The van der Waals surface area contributed by atoms with E-state index in [9.17, 15) is 9.18 Å². The van der Waals surface area contributed by atoms with Crippen molar-refractivity contribution < 1.29 is 18.3 Å². The summed E-state index contributed by atoms with van der Waals surface area (Å²) < 4.78 is 35.1. The predicted molar refractivity (Wildman–Crippen MR) is 145 cm³/mol. The zero-order valence-electron chi connectivity index (χ0n) is 21.8. The van der Waals surface area contributed by atoms with Crippen molar-refractivity contribution in [2.24, 2.45) is 0 Å². The van der Waals surface area contributed by atoms with E-state index in [1.807, 2.05) is 18.2 Å². The Morgan fingerprint density at radius 3 is 2.79 bits per heavy atom. The molecule has 0 bridgehead atoms. The molecule has 2 aliphatic rings. The standard InChI is InChI=1S/C29H33F2N5O2/c1-17-9-10-19-6-4-8-21(24(17)19)22-11-12-23-26(25(22)31)34-29(38-16-20-7-5-15-36(20)3)35-27(23)32-13-14-33-28(37)18(2)30/h4,6,8,11-12,17,20H,2,5,7,9-10,13-16H2,1,3H3,(H,33,37)(H,32,34,35)/t17?,20-/m0/s1. The van der Waals surface area contributed by atoms with Gasteiger partial charge >= 0.3 is 6.01 Å². The molecule has 1 saturated heterocycles. The topological polar surface area (TPSA) is 79.4 Å². The molecule has 200 valence electrons. The van der Waals surface area contributed by atoms with Crippen LogP contribution in [0.1, 0.15) is 43.2 Å². The van der Waals surface area contributed by atoms with Gasteiger partial charge in [-0.15, -0.1) is 0 Å². The van der Waals surface area contributed by atoms with Crippen LogP contribution in [0.15, 0.2) is 42.7 Å². The van der Waals surface area contributed by atoms with Gasteiger partial charge < -0.3 is 20.3 Å². The van der Waals surface area contributed by atoms with Gasteiger partial charge in [0.2, 0.25) is 0 Å². The highest BCUT2D eigenvalue weighted by Gasteiger charge is 2.26. The smallest absolute Gasteiger partial charge is 0.319 e. The first-order chi connectivity index (χ1) is 18.3. The summed E-state index contributed by atoms with van der Waals surface area (Å²) in [7, 11) is 2.06. The lowest BCUT2D eigenvalue weighted by molar-refractivity contribution is -0.118. The maximum atomic E-state index is 16.2. The molecule has 1 fully saturated rings. The highest BCUT2D eigenvalue weighted by Crippen LogP contribution is 2.41. The van der Waals surface area contributed by atoms with E-state index >= 15 is 4.39 Å². The second-order valence-corrected chi connectivity index (χ2v) is 10.2. The minimum absolute atomic E-state index is 0.0872. The lowest BCUT2D eigenvalue weighted by atomic mass is 9.91. The molecule has 0 saturated carbocycles. The molecule has 3 aromatic rings. The molecule has 1 amide bonds. The monoisotopic (exact) mass is 521 g/mol. The minimum Gasteiger partial charge on any atom is -0.462 e. The fourth-order valence-corrected chi connectivity index (χ4v) is 5.53. The van der Waals surface area contributed by atoms with Crippen LogP contribution in [0.25, 0.3) is 22.0 Å². The quantitative estimate of drug-likeness (QED) is 0.306. The Kier molecular flexibility index (Phi) is 7.56. The third-order valence-electron chi connectivity index (χ3n) is 7.64. The van der Waals surface area contributed by atoms with Crippen LogP contribution in [0.5, 0.6) is 6.01 Å². The van der Waals surface area contributed by atoms with Crippen molar-refractivity contribution in [2.45, 2.75) is 44.6 Å². The Hall–Kier alpha value is -3.59. The second kappa shape index (κ2) is 11.0. The number of nitrogens with zero attached hydrogens (tertiary/aromatic N) is 3. The summed E-state index contributed by atoms with van der Waals surface area (Å²) in [6, 6.07) is 9.99. The number of fused-ring (bicyclic) bond motifs is 2. The number of anilines is 1. The number of carbonyl (C=O) groups is 1. The fraction of sp³-hybridized carbons (Fsp3) is 0.414. The molecule has 1 unspecified atom stereocenters. The molecule has 1 aliphatic carbocycles. The van der Waals surface area contributed by atoms with Crippen LogP contribution in [0.2, 0.25) is 0 Å². The predicted octanol–water partition coefficient (Wildman–Crippen LogP) is 4.97. The Balaban J connectivity index is 1.49. The normalized spacial score (nSPS) is 18.9. The first-order valence-corrected chi connectivity index (χ1v) is 13.2. The number of ether oxygens (including phenoxy) is 1. The minimum atomic E-state index is -1.05. The molecular weight excluding hydrogens is 488 g/mol. The van der Waals surface area contributed by atoms with Gasteiger partial charge in [0, 0.05) is 30.1 Å². The molecule has 2 N–H and O–H groups in total. The lowest BCUT2D eigenvalue weighted by Crippen LogP contribution is -2.31. The summed E-state index contributed by atoms with van der Waals surface area (Å²) in [6.07, 6.45) is 4.17. The van der Waals surface area contributed by atoms with Crippen molar-refractivity contribution >= 4 is 22.6 Å². The van der Waals surface area contributed by atoms with Crippen molar-refractivity contribution in [1.82, 2.24) is 20.2 Å². The molecule has 2 heterocycles. The van der Waals surface area contributed by atoms with Gasteiger partial charge in [0.15, 0.2) is 11.6 Å². The number of aromatic nitrogens is 2. The number of rotatable bonds is 9. The summed E-state index contributed by atoms with van der Waals surface area (Å²) >= 11 is 0. The largest absolute Gasteiger partial charge is 0.462 e. The first kappa shape index (κ1) is 26.0. The van der Waals surface area contributed by atoms with Crippen LogP contribution in [0.4, 0.5) is 14.6 Å². The summed E-state index contributed by atoms with van der Waals surface area (Å²) in [5, 5.41) is 6.04. The van der Waals surface area contributed by atoms with Gasteiger partial charge in [-0.25, -0.2) is 8.78 Å². The maximum absolute atomic E-state index is 16.2. The van der Waals surface area contributed by atoms with Crippen molar-refractivity contribution in [3.8, 4) is 17.1 Å². The fourth-order valence-electron chi connectivity index (χ4n) is 5.53. The third-order valence-corrected chi connectivity index (χ3v) is 7.64. The molecule has 2 aromatic carbocycles. The molecule has 9 heteroatoms. The molecule has 0 radical (unpaired) electrons. The van der Waals surface area contributed by atoms with E-state index in [0.717, 1.165) is 37.8 Å². The number of likely N-dealkylation sites (tertiary alicyclic amines) is 1. The van der Waals surface area contributed by atoms with Crippen molar-refractivity contribution in [1.29, 1.82) is 0 Å². The third kappa shape index (κ3) is 5.20. The van der Waals surface area contributed by atoms with Gasteiger partial charge in [0.05, 0.1) is 0 Å². The van der Waals surface area contributed by atoms with Gasteiger partial charge in [0.1, 0.15) is 17.9 Å². The molecule has 0 spiro atoms. The molecule has 7 nitrogen and oxygen atoms in total. The van der Waals surface area contributed by atoms with Crippen molar-refractivity contribution in [3.05, 3.63) is 59.7 Å². The van der Waals surface area contributed by atoms with Crippen LogP contribution < -0.4 is 15.4 Å². The van der Waals surface area contributed by atoms with Gasteiger partial charge in [-0.05, 0) is 68.0 Å². The summed E-state index contributed by atoms with van der Waals surface area (Å²) in [5.41, 5.74) is 4.03. The number of hydrogen-bond acceptors (Lipinski definition) is 6. The van der Waals surface area contributed by atoms with E-state index < -0.39 is 17.6 Å². The van der Waals surface area contributed by atoms with Crippen LogP contribution >= 0.6 is 0 Å². The van der Waals surface area contributed by atoms with E-state index in [-0.39, 0.29) is 30.7 Å². The molecular formula is C29H33F2N5O2. The number of carbonyl (C=O) groups excluding carboxylic acids is 1. The molecule has 2 atom stereocenters. The van der Waals surface area contributed by atoms with Crippen LogP contribution in [-0.2, 0) is 11.2 Å². The van der Waals surface area contributed by atoms with E-state index in [1.54, 1.807) is 6.07 Å². The van der Waals surface area contributed by atoms with E-state index in [1.165, 1.54) is 11.1 Å². The average Bonchev–Trinajstić information content (AvgIpc) is 3.50. The number of hydrogen-bond donors (Lipinski definition) is 2. The van der Waals surface area contributed by atoms with Crippen LogP contribution in [-0.4, -0.2) is 60.1 Å². The molecule has 38 heavy (non-hydrogen) atoms. The second-order valence-electron chi connectivity index (χ2n) is 10.2. The highest BCUT2D eigenvalue weighted by molar-refractivity contribution is 5.94. The van der Waals surface area contributed by atoms with Gasteiger partial charge in [0.25, 0.3) is 5.91 Å². The van der Waals surface area contributed by atoms with E-state index in [0.29, 0.717) is 29.3 Å². The van der Waals surface area contributed by atoms with Crippen LogP contribution in [0.3, 0.4) is 0 Å². The molecule has 1 aliphatic heterocycles. The van der Waals surface area contributed by atoms with Gasteiger partial charge in [-0.3, -0.25) is 4.79 Å². The maximum Gasteiger partial charge on any atom is 0.319 e. The van der Waals surface area contributed by atoms with Gasteiger partial charge in [-0.2, -0.15) is 9.97 Å². The highest BCUT2D eigenvalue weighted by atomic mass is 19.1. The molecule has 1 aromatic heterocycles. The number of benzene rings is 2. The Morgan fingerprint density at radius 1 is 1.18 bits per heavy atom.